The van der Waals surface area contributed by atoms with Crippen LogP contribution in [0.4, 0.5) is 5.69 Å². The molecule has 6 heteroatoms. The van der Waals surface area contributed by atoms with E-state index in [9.17, 15) is 8.42 Å². The van der Waals surface area contributed by atoms with Gasteiger partial charge in [0.15, 0.2) is 9.84 Å². The van der Waals surface area contributed by atoms with Crippen LogP contribution in [-0.2, 0) is 9.84 Å². The number of halogens is 1. The lowest BCUT2D eigenvalue weighted by molar-refractivity contribution is 0.602. The molecule has 2 aromatic rings. The van der Waals surface area contributed by atoms with E-state index in [4.69, 9.17) is 17.3 Å². The highest BCUT2D eigenvalue weighted by Gasteiger charge is 2.06. The molecule has 0 atom stereocenters. The van der Waals surface area contributed by atoms with Crippen molar-refractivity contribution in [3.05, 3.63) is 58.6 Å². The SMILES string of the molecule is Cc1cc(Cl)cc(C(N)=Nc2ccc(S(C)(=O)=O)cc2)c1. The Morgan fingerprint density at radius 1 is 1.14 bits per heavy atom. The molecule has 0 amide bonds. The largest absolute Gasteiger partial charge is 0.383 e. The Hall–Kier alpha value is -1.85. The first kappa shape index (κ1) is 15.5. The van der Waals surface area contributed by atoms with Crippen LogP contribution in [0.5, 0.6) is 0 Å². The van der Waals surface area contributed by atoms with E-state index in [2.05, 4.69) is 4.99 Å². The van der Waals surface area contributed by atoms with Crippen LogP contribution >= 0.6 is 11.6 Å². The summed E-state index contributed by atoms with van der Waals surface area (Å²) >= 11 is 5.99. The molecule has 21 heavy (non-hydrogen) atoms. The predicted molar refractivity (Wildman–Crippen MR) is 86.1 cm³/mol. The summed E-state index contributed by atoms with van der Waals surface area (Å²) in [6.07, 6.45) is 1.16. The first-order chi connectivity index (χ1) is 9.75. The maximum Gasteiger partial charge on any atom is 0.175 e. The van der Waals surface area contributed by atoms with Gasteiger partial charge in [-0.25, -0.2) is 13.4 Å². The third-order valence-electron chi connectivity index (χ3n) is 2.85. The van der Waals surface area contributed by atoms with E-state index in [1.165, 1.54) is 12.1 Å². The lowest BCUT2D eigenvalue weighted by Crippen LogP contribution is -2.12. The maximum absolute atomic E-state index is 11.4. The summed E-state index contributed by atoms with van der Waals surface area (Å²) in [5.74, 6) is 0.327. The molecule has 110 valence electrons. The van der Waals surface area contributed by atoms with Crippen molar-refractivity contribution in [3.8, 4) is 0 Å². The quantitative estimate of drug-likeness (QED) is 0.697. The Kier molecular flexibility index (Phi) is 4.34. The molecule has 4 nitrogen and oxygen atoms in total. The minimum absolute atomic E-state index is 0.249. The first-order valence-corrected chi connectivity index (χ1v) is 8.44. The molecule has 0 spiro atoms. The smallest absolute Gasteiger partial charge is 0.175 e. The molecule has 0 radical (unpaired) electrons. The lowest BCUT2D eigenvalue weighted by Gasteiger charge is -2.04. The molecule has 0 bridgehead atoms. The molecule has 0 aliphatic carbocycles. The molecule has 0 aromatic heterocycles. The zero-order valence-electron chi connectivity index (χ0n) is 11.7. The fourth-order valence-corrected chi connectivity index (χ4v) is 2.78. The van der Waals surface area contributed by atoms with E-state index >= 15 is 0 Å². The third kappa shape index (κ3) is 4.06. The van der Waals surface area contributed by atoms with Crippen LogP contribution in [-0.4, -0.2) is 20.5 Å². The third-order valence-corrected chi connectivity index (χ3v) is 4.20. The van der Waals surface area contributed by atoms with Gasteiger partial charge in [-0.2, -0.15) is 0 Å². The number of nitrogens with zero attached hydrogens (tertiary/aromatic N) is 1. The van der Waals surface area contributed by atoms with E-state index in [0.717, 1.165) is 17.4 Å². The summed E-state index contributed by atoms with van der Waals surface area (Å²) in [5.41, 5.74) is 8.26. The number of sulfone groups is 1. The Bertz CT molecular complexity index is 777. The van der Waals surface area contributed by atoms with Gasteiger partial charge in [0.25, 0.3) is 0 Å². The molecule has 0 fully saturated rings. The highest BCUT2D eigenvalue weighted by molar-refractivity contribution is 7.90. The van der Waals surface area contributed by atoms with Crippen LogP contribution in [0.15, 0.2) is 52.4 Å². The van der Waals surface area contributed by atoms with E-state index in [0.29, 0.717) is 16.5 Å². The summed E-state index contributed by atoms with van der Waals surface area (Å²) in [4.78, 5) is 4.52. The zero-order valence-corrected chi connectivity index (χ0v) is 13.2. The second-order valence-corrected chi connectivity index (χ2v) is 7.23. The van der Waals surface area contributed by atoms with Crippen molar-refractivity contribution in [2.75, 3.05) is 6.26 Å². The summed E-state index contributed by atoms with van der Waals surface area (Å²) in [5, 5.41) is 0.593. The number of aryl methyl sites for hydroxylation is 1. The minimum Gasteiger partial charge on any atom is -0.383 e. The van der Waals surface area contributed by atoms with Gasteiger partial charge >= 0.3 is 0 Å². The van der Waals surface area contributed by atoms with Crippen LogP contribution < -0.4 is 5.73 Å². The van der Waals surface area contributed by atoms with Crippen molar-refractivity contribution in [1.29, 1.82) is 0 Å². The van der Waals surface area contributed by atoms with Crippen molar-refractivity contribution in [2.45, 2.75) is 11.8 Å². The van der Waals surface area contributed by atoms with Crippen molar-refractivity contribution in [3.63, 3.8) is 0 Å². The molecular weight excluding hydrogens is 308 g/mol. The average molecular weight is 323 g/mol. The number of benzene rings is 2. The normalized spacial score (nSPS) is 12.4. The summed E-state index contributed by atoms with van der Waals surface area (Å²) in [6, 6.07) is 11.7. The molecule has 2 aromatic carbocycles. The Morgan fingerprint density at radius 2 is 1.76 bits per heavy atom. The number of hydrogen-bond donors (Lipinski definition) is 1. The van der Waals surface area contributed by atoms with Crippen LogP contribution in [0.25, 0.3) is 0 Å². The number of aliphatic imine (C=N–C) groups is 1. The van der Waals surface area contributed by atoms with E-state index < -0.39 is 9.84 Å². The summed E-state index contributed by atoms with van der Waals surface area (Å²) in [7, 11) is -3.21. The second-order valence-electron chi connectivity index (χ2n) is 4.78. The fraction of sp³-hybridized carbons (Fsp3) is 0.133. The van der Waals surface area contributed by atoms with Gasteiger partial charge in [0, 0.05) is 16.8 Å². The fourth-order valence-electron chi connectivity index (χ4n) is 1.86. The molecule has 0 aliphatic heterocycles. The van der Waals surface area contributed by atoms with Crippen molar-refractivity contribution in [1.82, 2.24) is 0 Å². The minimum atomic E-state index is -3.21. The number of hydrogen-bond acceptors (Lipinski definition) is 3. The molecule has 0 aliphatic rings. The topological polar surface area (TPSA) is 72.5 Å². The lowest BCUT2D eigenvalue weighted by atomic mass is 10.1. The maximum atomic E-state index is 11.4. The van der Waals surface area contributed by atoms with Gasteiger partial charge in [-0.3, -0.25) is 0 Å². The standard InChI is InChI=1S/C15H15ClN2O2S/c1-10-7-11(9-12(16)8-10)15(17)18-13-3-5-14(6-4-13)21(2,19)20/h3-9H,1-2H3,(H2,17,18). The second kappa shape index (κ2) is 5.87. The predicted octanol–water partition coefficient (Wildman–Crippen LogP) is 3.09. The molecule has 0 heterocycles. The number of amidine groups is 1. The van der Waals surface area contributed by atoms with Gasteiger partial charge < -0.3 is 5.73 Å². The Balaban J connectivity index is 2.34. The number of rotatable bonds is 3. The van der Waals surface area contributed by atoms with Crippen molar-refractivity contribution < 1.29 is 8.42 Å². The van der Waals surface area contributed by atoms with Gasteiger partial charge in [0.1, 0.15) is 5.84 Å². The number of nitrogens with two attached hydrogens (primary N) is 1. The zero-order chi connectivity index (χ0) is 15.6. The average Bonchev–Trinajstić information content (AvgIpc) is 2.37. The molecule has 0 unspecified atom stereocenters. The van der Waals surface area contributed by atoms with Gasteiger partial charge in [-0.1, -0.05) is 11.6 Å². The molecule has 2 rings (SSSR count). The van der Waals surface area contributed by atoms with E-state index in [1.54, 1.807) is 18.2 Å². The van der Waals surface area contributed by atoms with Gasteiger partial charge in [-0.05, 0) is 55.0 Å². The highest BCUT2D eigenvalue weighted by Crippen LogP contribution is 2.19. The molecule has 0 saturated carbocycles. The monoisotopic (exact) mass is 322 g/mol. The van der Waals surface area contributed by atoms with Crippen LogP contribution in [0.1, 0.15) is 11.1 Å². The molecule has 2 N–H and O–H groups in total. The Morgan fingerprint density at radius 3 is 2.29 bits per heavy atom. The van der Waals surface area contributed by atoms with E-state index in [1.807, 2.05) is 19.1 Å². The van der Waals surface area contributed by atoms with Gasteiger partial charge in [-0.15, -0.1) is 0 Å². The van der Waals surface area contributed by atoms with Gasteiger partial charge in [0.2, 0.25) is 0 Å². The molecule has 0 saturated heterocycles. The first-order valence-electron chi connectivity index (χ1n) is 6.17. The summed E-state index contributed by atoms with van der Waals surface area (Å²) in [6.45, 7) is 1.92. The molecular formula is C15H15ClN2O2S. The van der Waals surface area contributed by atoms with Crippen molar-refractivity contribution in [2.24, 2.45) is 10.7 Å². The van der Waals surface area contributed by atoms with Crippen LogP contribution in [0.3, 0.4) is 0 Å². The van der Waals surface area contributed by atoms with E-state index in [-0.39, 0.29) is 4.90 Å². The van der Waals surface area contributed by atoms with Crippen LogP contribution in [0, 0.1) is 6.92 Å². The van der Waals surface area contributed by atoms with Crippen molar-refractivity contribution >= 4 is 33.0 Å². The van der Waals surface area contributed by atoms with Gasteiger partial charge in [0.05, 0.1) is 10.6 Å². The summed E-state index contributed by atoms with van der Waals surface area (Å²) < 4.78 is 22.8. The Labute approximate surface area is 129 Å². The van der Waals surface area contributed by atoms with Crippen LogP contribution in [0.2, 0.25) is 5.02 Å². The highest BCUT2D eigenvalue weighted by atomic mass is 35.5.